The Bertz CT molecular complexity index is 416. The van der Waals surface area contributed by atoms with E-state index in [1.54, 1.807) is 0 Å². The molecule has 1 aliphatic carbocycles. The van der Waals surface area contributed by atoms with Gasteiger partial charge in [0.25, 0.3) is 0 Å². The fourth-order valence-corrected chi connectivity index (χ4v) is 3.07. The highest BCUT2D eigenvalue weighted by Gasteiger charge is 2.33. The molecule has 0 spiro atoms. The number of amides is 2. The summed E-state index contributed by atoms with van der Waals surface area (Å²) in [7, 11) is 0. The van der Waals surface area contributed by atoms with Crippen LogP contribution in [0, 0.1) is 5.92 Å². The van der Waals surface area contributed by atoms with Gasteiger partial charge in [-0.15, -0.1) is 0 Å². The van der Waals surface area contributed by atoms with Crippen LogP contribution in [0.3, 0.4) is 0 Å². The van der Waals surface area contributed by atoms with E-state index >= 15 is 0 Å². The van der Waals surface area contributed by atoms with Crippen molar-refractivity contribution in [1.29, 1.82) is 0 Å². The van der Waals surface area contributed by atoms with Crippen LogP contribution in [-0.2, 0) is 9.53 Å². The third-order valence-electron chi connectivity index (χ3n) is 4.70. The van der Waals surface area contributed by atoms with Gasteiger partial charge in [-0.1, -0.05) is 27.2 Å². The Kier molecular flexibility index (Phi) is 7.34. The monoisotopic (exact) mass is 339 g/mol. The molecule has 24 heavy (non-hydrogen) atoms. The summed E-state index contributed by atoms with van der Waals surface area (Å²) in [4.78, 5) is 29.1. The van der Waals surface area contributed by atoms with E-state index in [1.165, 1.54) is 12.8 Å². The fraction of sp³-hybridized carbons (Fsp3) is 0.889. The second-order valence-electron chi connectivity index (χ2n) is 7.41. The molecule has 1 saturated carbocycles. The molecular weight excluding hydrogens is 306 g/mol. The van der Waals surface area contributed by atoms with Crippen molar-refractivity contribution < 1.29 is 14.3 Å². The highest BCUT2D eigenvalue weighted by molar-refractivity contribution is 5.83. The number of carbonyl (C=O) groups excluding carboxylic acids is 2. The van der Waals surface area contributed by atoms with Crippen molar-refractivity contribution in [3.63, 3.8) is 0 Å². The van der Waals surface area contributed by atoms with Crippen LogP contribution in [0.2, 0.25) is 0 Å². The van der Waals surface area contributed by atoms with Crippen molar-refractivity contribution in [2.24, 2.45) is 5.92 Å². The van der Waals surface area contributed by atoms with Crippen LogP contribution in [0.15, 0.2) is 0 Å². The number of nitrogens with one attached hydrogen (secondary N) is 1. The van der Waals surface area contributed by atoms with Crippen molar-refractivity contribution in [2.45, 2.75) is 65.0 Å². The zero-order chi connectivity index (χ0) is 17.5. The Hall–Kier alpha value is -1.30. The number of ether oxygens (including phenoxy) is 1. The van der Waals surface area contributed by atoms with E-state index in [9.17, 15) is 9.59 Å². The number of carbonyl (C=O) groups is 2. The number of urea groups is 1. The molecule has 0 bridgehead atoms. The molecule has 6 heteroatoms. The Morgan fingerprint density at radius 1 is 1.17 bits per heavy atom. The minimum atomic E-state index is -0.546. The average Bonchev–Trinajstić information content (AvgIpc) is 3.39. The van der Waals surface area contributed by atoms with E-state index in [1.807, 2.05) is 18.7 Å². The van der Waals surface area contributed by atoms with Gasteiger partial charge in [0, 0.05) is 32.2 Å². The van der Waals surface area contributed by atoms with Crippen molar-refractivity contribution in [3.8, 4) is 0 Å². The lowest BCUT2D eigenvalue weighted by atomic mass is 10.0. The van der Waals surface area contributed by atoms with Crippen LogP contribution < -0.4 is 5.32 Å². The van der Waals surface area contributed by atoms with Crippen molar-refractivity contribution in [2.75, 3.05) is 32.8 Å². The number of esters is 1. The molecule has 0 aromatic rings. The lowest BCUT2D eigenvalue weighted by Crippen LogP contribution is -2.55. The van der Waals surface area contributed by atoms with Crippen LogP contribution in [0.1, 0.15) is 52.9 Å². The van der Waals surface area contributed by atoms with Crippen LogP contribution in [0.25, 0.3) is 0 Å². The molecule has 1 N–H and O–H groups in total. The summed E-state index contributed by atoms with van der Waals surface area (Å²) in [5.41, 5.74) is 0. The quantitative estimate of drug-likeness (QED) is 0.544. The van der Waals surface area contributed by atoms with Crippen molar-refractivity contribution >= 4 is 12.0 Å². The van der Waals surface area contributed by atoms with E-state index in [0.29, 0.717) is 18.9 Å². The molecule has 2 fully saturated rings. The van der Waals surface area contributed by atoms with Gasteiger partial charge < -0.3 is 15.0 Å². The predicted molar refractivity (Wildman–Crippen MR) is 93.8 cm³/mol. The van der Waals surface area contributed by atoms with Crippen LogP contribution in [-0.4, -0.2) is 66.7 Å². The molecule has 0 unspecified atom stereocenters. The maximum atomic E-state index is 12.5. The predicted octanol–water partition coefficient (Wildman–Crippen LogP) is 2.23. The highest BCUT2D eigenvalue weighted by atomic mass is 16.5. The summed E-state index contributed by atoms with van der Waals surface area (Å²) in [5, 5.41) is 2.90. The molecule has 1 heterocycles. The third kappa shape index (κ3) is 5.96. The maximum absolute atomic E-state index is 12.5. The standard InChI is InChI=1S/C18H33N3O3/c1-4-5-12-24-17(22)16(13-14(2)3)19-18(23)21-10-8-20(9-11-21)15-6-7-15/h14-16H,4-13H2,1-3H3,(H,19,23)/t16-/m0/s1. The van der Waals surface area contributed by atoms with Crippen LogP contribution in [0.5, 0.6) is 0 Å². The average molecular weight is 339 g/mol. The number of piperazine rings is 1. The van der Waals surface area contributed by atoms with Crippen molar-refractivity contribution in [3.05, 3.63) is 0 Å². The van der Waals surface area contributed by atoms with E-state index in [0.717, 1.165) is 45.1 Å². The molecule has 0 aromatic carbocycles. The molecule has 1 saturated heterocycles. The molecule has 138 valence electrons. The normalized spacial score (nSPS) is 20.1. The Morgan fingerprint density at radius 3 is 2.38 bits per heavy atom. The maximum Gasteiger partial charge on any atom is 0.328 e. The van der Waals surface area contributed by atoms with E-state index in [2.05, 4.69) is 17.1 Å². The van der Waals surface area contributed by atoms with E-state index in [4.69, 9.17) is 4.74 Å². The molecule has 1 atom stereocenters. The second-order valence-corrected chi connectivity index (χ2v) is 7.41. The summed E-state index contributed by atoms with van der Waals surface area (Å²) in [6.45, 7) is 9.94. The lowest BCUT2D eigenvalue weighted by molar-refractivity contribution is -0.146. The first-order valence-corrected chi connectivity index (χ1v) is 9.47. The van der Waals surface area contributed by atoms with Gasteiger partial charge in [-0.2, -0.15) is 0 Å². The number of hydrogen-bond donors (Lipinski definition) is 1. The molecule has 1 aliphatic heterocycles. The SMILES string of the molecule is CCCCOC(=O)[C@H](CC(C)C)NC(=O)N1CCN(C2CC2)CC1. The van der Waals surface area contributed by atoms with Gasteiger partial charge in [-0.25, -0.2) is 9.59 Å². The summed E-state index contributed by atoms with van der Waals surface area (Å²) in [5.74, 6) is 0.0165. The number of nitrogens with zero attached hydrogens (tertiary/aromatic N) is 2. The first-order chi connectivity index (χ1) is 11.5. The minimum absolute atomic E-state index is 0.136. The molecule has 0 radical (unpaired) electrons. The molecule has 2 amide bonds. The summed E-state index contributed by atoms with van der Waals surface area (Å²) in [6, 6.07) is 0.0665. The number of rotatable bonds is 8. The Morgan fingerprint density at radius 2 is 1.83 bits per heavy atom. The largest absolute Gasteiger partial charge is 0.464 e. The lowest BCUT2D eigenvalue weighted by Gasteiger charge is -2.35. The molecule has 2 aliphatic rings. The van der Waals surface area contributed by atoms with Gasteiger partial charge in [-0.3, -0.25) is 4.90 Å². The second kappa shape index (κ2) is 9.25. The van der Waals surface area contributed by atoms with Crippen molar-refractivity contribution in [1.82, 2.24) is 15.1 Å². The van der Waals surface area contributed by atoms with Gasteiger partial charge in [-0.05, 0) is 31.6 Å². The van der Waals surface area contributed by atoms with Gasteiger partial charge in [0.05, 0.1) is 6.61 Å². The molecule has 6 nitrogen and oxygen atoms in total. The van der Waals surface area contributed by atoms with Gasteiger partial charge in [0.1, 0.15) is 6.04 Å². The Labute approximate surface area is 145 Å². The van der Waals surface area contributed by atoms with Crippen LogP contribution >= 0.6 is 0 Å². The molecule has 2 rings (SSSR count). The molecular formula is C18H33N3O3. The Balaban J connectivity index is 1.80. The smallest absolute Gasteiger partial charge is 0.328 e. The van der Waals surface area contributed by atoms with Crippen LogP contribution in [0.4, 0.5) is 4.79 Å². The summed E-state index contributed by atoms with van der Waals surface area (Å²) in [6.07, 6.45) is 5.05. The molecule has 0 aromatic heterocycles. The highest BCUT2D eigenvalue weighted by Crippen LogP contribution is 2.27. The number of unbranched alkanes of at least 4 members (excludes halogenated alkanes) is 1. The van der Waals surface area contributed by atoms with Gasteiger partial charge in [0.15, 0.2) is 0 Å². The fourth-order valence-electron chi connectivity index (χ4n) is 3.07. The summed E-state index contributed by atoms with van der Waals surface area (Å²) < 4.78 is 5.31. The number of hydrogen-bond acceptors (Lipinski definition) is 4. The first-order valence-electron chi connectivity index (χ1n) is 9.47. The zero-order valence-corrected chi connectivity index (χ0v) is 15.4. The summed E-state index contributed by atoms with van der Waals surface area (Å²) >= 11 is 0. The third-order valence-corrected chi connectivity index (χ3v) is 4.70. The first kappa shape index (κ1) is 19.0. The van der Waals surface area contributed by atoms with E-state index < -0.39 is 6.04 Å². The topological polar surface area (TPSA) is 61.9 Å². The van der Waals surface area contributed by atoms with Gasteiger partial charge >= 0.3 is 12.0 Å². The zero-order valence-electron chi connectivity index (χ0n) is 15.4. The van der Waals surface area contributed by atoms with Gasteiger partial charge in [0.2, 0.25) is 0 Å². The minimum Gasteiger partial charge on any atom is -0.464 e. The van der Waals surface area contributed by atoms with E-state index in [-0.39, 0.29) is 12.0 Å².